The Balaban J connectivity index is 1.67. The monoisotopic (exact) mass is 388 g/mol. The van der Waals surface area contributed by atoms with Crippen LogP contribution in [-0.2, 0) is 6.54 Å². The highest BCUT2D eigenvalue weighted by atomic mass is 16.5. The highest BCUT2D eigenvalue weighted by Gasteiger charge is 2.20. The van der Waals surface area contributed by atoms with Crippen molar-refractivity contribution in [3.05, 3.63) is 53.6 Å². The van der Waals surface area contributed by atoms with Crippen LogP contribution in [0.5, 0.6) is 17.5 Å². The van der Waals surface area contributed by atoms with E-state index >= 15 is 0 Å². The van der Waals surface area contributed by atoms with Gasteiger partial charge in [0.2, 0.25) is 11.8 Å². The van der Waals surface area contributed by atoms with Crippen LogP contribution >= 0.6 is 0 Å². The first-order valence-corrected chi connectivity index (χ1v) is 9.40. The lowest BCUT2D eigenvalue weighted by Gasteiger charge is -2.25. The molecule has 0 atom stereocenters. The van der Waals surface area contributed by atoms with Crippen molar-refractivity contribution < 1.29 is 9.47 Å². The lowest BCUT2D eigenvalue weighted by Crippen LogP contribution is -2.25. The van der Waals surface area contributed by atoms with Crippen LogP contribution in [0.3, 0.4) is 0 Å². The van der Waals surface area contributed by atoms with Crippen LogP contribution in [0.4, 0.5) is 0 Å². The molecule has 0 aliphatic heterocycles. The van der Waals surface area contributed by atoms with Crippen LogP contribution in [0.2, 0.25) is 0 Å². The molecular formula is C21H20N6O2. The average Bonchev–Trinajstić information content (AvgIpc) is 2.70. The zero-order chi connectivity index (χ0) is 20.2. The molecule has 1 aromatic carbocycles. The fraction of sp³-hybridized carbons (Fsp3) is 0.286. The van der Waals surface area contributed by atoms with Gasteiger partial charge in [0.1, 0.15) is 17.7 Å². The first-order valence-electron chi connectivity index (χ1n) is 9.40. The fourth-order valence-corrected chi connectivity index (χ4v) is 2.86. The predicted molar refractivity (Wildman–Crippen MR) is 105 cm³/mol. The van der Waals surface area contributed by atoms with E-state index in [2.05, 4.69) is 26.0 Å². The van der Waals surface area contributed by atoms with Crippen molar-refractivity contribution in [3.63, 3.8) is 0 Å². The van der Waals surface area contributed by atoms with Crippen molar-refractivity contribution in [2.24, 2.45) is 5.73 Å². The highest BCUT2D eigenvalue weighted by Crippen LogP contribution is 2.33. The van der Waals surface area contributed by atoms with Gasteiger partial charge in [0.25, 0.3) is 0 Å². The summed E-state index contributed by atoms with van der Waals surface area (Å²) < 4.78 is 11.9. The molecule has 1 fully saturated rings. The van der Waals surface area contributed by atoms with E-state index in [4.69, 9.17) is 15.2 Å². The SMILES string of the molecule is Cc1nc(Oc2cc(C#N)ccc2-c2ncc(CN)cn2)cc(OC2CCC2)n1. The van der Waals surface area contributed by atoms with Crippen LogP contribution < -0.4 is 15.2 Å². The van der Waals surface area contributed by atoms with Crippen LogP contribution in [-0.4, -0.2) is 26.0 Å². The minimum absolute atomic E-state index is 0.198. The van der Waals surface area contributed by atoms with E-state index in [0.29, 0.717) is 46.8 Å². The van der Waals surface area contributed by atoms with Crippen LogP contribution in [0, 0.1) is 18.3 Å². The van der Waals surface area contributed by atoms with E-state index in [1.165, 1.54) is 6.42 Å². The minimum Gasteiger partial charge on any atom is -0.474 e. The van der Waals surface area contributed by atoms with E-state index < -0.39 is 0 Å². The second kappa shape index (κ2) is 8.20. The molecule has 0 amide bonds. The van der Waals surface area contributed by atoms with Crippen molar-refractivity contribution in [1.29, 1.82) is 5.26 Å². The number of hydrogen-bond acceptors (Lipinski definition) is 8. The van der Waals surface area contributed by atoms with Crippen molar-refractivity contribution in [2.75, 3.05) is 0 Å². The van der Waals surface area contributed by atoms with Crippen molar-refractivity contribution >= 4 is 0 Å². The van der Waals surface area contributed by atoms with Crippen molar-refractivity contribution in [1.82, 2.24) is 19.9 Å². The van der Waals surface area contributed by atoms with E-state index in [1.807, 2.05) is 0 Å². The van der Waals surface area contributed by atoms with E-state index in [-0.39, 0.29) is 6.10 Å². The zero-order valence-corrected chi connectivity index (χ0v) is 16.0. The van der Waals surface area contributed by atoms with Gasteiger partial charge < -0.3 is 15.2 Å². The predicted octanol–water partition coefficient (Wildman–Crippen LogP) is 3.30. The average molecular weight is 388 g/mol. The van der Waals surface area contributed by atoms with Gasteiger partial charge in [-0.25, -0.2) is 9.97 Å². The van der Waals surface area contributed by atoms with E-state index in [0.717, 1.165) is 18.4 Å². The van der Waals surface area contributed by atoms with Gasteiger partial charge in [-0.2, -0.15) is 15.2 Å². The summed E-state index contributed by atoms with van der Waals surface area (Å²) in [6.07, 6.45) is 6.77. The van der Waals surface area contributed by atoms with Crippen LogP contribution in [0.15, 0.2) is 36.7 Å². The third kappa shape index (κ3) is 4.31. The lowest BCUT2D eigenvalue weighted by molar-refractivity contribution is 0.114. The normalized spacial score (nSPS) is 13.4. The highest BCUT2D eigenvalue weighted by molar-refractivity contribution is 5.66. The molecule has 146 valence electrons. The molecule has 2 aromatic heterocycles. The number of nitrogens with zero attached hydrogens (tertiary/aromatic N) is 5. The topological polar surface area (TPSA) is 120 Å². The molecule has 2 heterocycles. The molecule has 1 aliphatic carbocycles. The molecule has 8 nitrogen and oxygen atoms in total. The van der Waals surface area contributed by atoms with Crippen LogP contribution in [0.1, 0.15) is 36.2 Å². The quantitative estimate of drug-likeness (QED) is 0.683. The molecule has 8 heteroatoms. The maximum Gasteiger partial charge on any atom is 0.226 e. The molecule has 1 saturated carbocycles. The number of ether oxygens (including phenoxy) is 2. The number of aromatic nitrogens is 4. The molecule has 2 N–H and O–H groups in total. The summed E-state index contributed by atoms with van der Waals surface area (Å²) in [5.74, 6) is 2.26. The maximum absolute atomic E-state index is 9.28. The second-order valence-electron chi connectivity index (χ2n) is 6.81. The molecule has 0 radical (unpaired) electrons. The van der Waals surface area contributed by atoms with Gasteiger partial charge in [-0.3, -0.25) is 0 Å². The third-order valence-corrected chi connectivity index (χ3v) is 4.64. The molecule has 3 aromatic rings. The Morgan fingerprint density at radius 2 is 1.90 bits per heavy atom. The van der Waals surface area contributed by atoms with Gasteiger partial charge >= 0.3 is 0 Å². The smallest absolute Gasteiger partial charge is 0.226 e. The Labute approximate surface area is 168 Å². The van der Waals surface area contributed by atoms with E-state index in [9.17, 15) is 5.26 Å². The summed E-state index contributed by atoms with van der Waals surface area (Å²) in [5.41, 5.74) is 7.55. The zero-order valence-electron chi connectivity index (χ0n) is 16.0. The molecular weight excluding hydrogens is 368 g/mol. The van der Waals surface area contributed by atoms with Gasteiger partial charge in [-0.1, -0.05) is 0 Å². The molecule has 29 heavy (non-hydrogen) atoms. The Morgan fingerprint density at radius 1 is 1.14 bits per heavy atom. The number of benzene rings is 1. The van der Waals surface area contributed by atoms with Gasteiger partial charge in [-0.05, 0) is 44.4 Å². The summed E-state index contributed by atoms with van der Waals surface area (Å²) >= 11 is 0. The summed E-state index contributed by atoms with van der Waals surface area (Å²) in [5, 5.41) is 9.28. The lowest BCUT2D eigenvalue weighted by atomic mass is 9.96. The first-order chi connectivity index (χ1) is 14.1. The minimum atomic E-state index is 0.198. The summed E-state index contributed by atoms with van der Waals surface area (Å²) in [6, 6.07) is 8.87. The first kappa shape index (κ1) is 18.8. The fourth-order valence-electron chi connectivity index (χ4n) is 2.86. The summed E-state index contributed by atoms with van der Waals surface area (Å²) in [4.78, 5) is 17.4. The second-order valence-corrected chi connectivity index (χ2v) is 6.81. The number of nitriles is 1. The number of nitrogens with two attached hydrogens (primary N) is 1. The Hall–Kier alpha value is -3.57. The van der Waals surface area contributed by atoms with Crippen LogP contribution in [0.25, 0.3) is 11.4 Å². The number of aryl methyl sites for hydroxylation is 1. The van der Waals surface area contributed by atoms with Gasteiger partial charge in [0.05, 0.1) is 23.3 Å². The van der Waals surface area contributed by atoms with E-state index in [1.54, 1.807) is 43.6 Å². The number of hydrogen-bond donors (Lipinski definition) is 1. The summed E-state index contributed by atoms with van der Waals surface area (Å²) in [7, 11) is 0. The van der Waals surface area contributed by atoms with Gasteiger partial charge in [-0.15, -0.1) is 0 Å². The van der Waals surface area contributed by atoms with Crippen molar-refractivity contribution in [3.8, 4) is 35.0 Å². The third-order valence-electron chi connectivity index (χ3n) is 4.64. The Morgan fingerprint density at radius 3 is 2.55 bits per heavy atom. The molecule has 0 unspecified atom stereocenters. The molecule has 4 rings (SSSR count). The Kier molecular flexibility index (Phi) is 5.31. The van der Waals surface area contributed by atoms with Gasteiger partial charge in [0.15, 0.2) is 5.82 Å². The number of rotatable bonds is 6. The van der Waals surface area contributed by atoms with Gasteiger partial charge in [0, 0.05) is 24.5 Å². The Bertz CT molecular complexity index is 1060. The molecule has 0 bridgehead atoms. The largest absolute Gasteiger partial charge is 0.474 e. The maximum atomic E-state index is 9.28. The standard InChI is InChI=1S/C21H20N6O2/c1-13-26-19(28-16-3-2-4-16)8-20(27-13)29-18-7-14(9-22)5-6-17(18)21-24-11-15(10-23)12-25-21/h5-8,11-12,16H,2-4,10,23H2,1H3. The molecule has 0 spiro atoms. The van der Waals surface area contributed by atoms with Crippen molar-refractivity contribution in [2.45, 2.75) is 38.8 Å². The molecule has 1 aliphatic rings. The summed E-state index contributed by atoms with van der Waals surface area (Å²) in [6.45, 7) is 2.14. The molecule has 0 saturated heterocycles.